The Kier molecular flexibility index (Phi) is 6.50. The van der Waals surface area contributed by atoms with Crippen molar-refractivity contribution in [1.82, 2.24) is 4.48 Å². The minimum Gasteiger partial charge on any atom is -1.00 e. The highest BCUT2D eigenvalue weighted by molar-refractivity contribution is 6.43. The van der Waals surface area contributed by atoms with Crippen LogP contribution in [0.2, 0.25) is 0 Å². The van der Waals surface area contributed by atoms with Gasteiger partial charge in [-0.05, 0) is 18.2 Å². The lowest BCUT2D eigenvalue weighted by molar-refractivity contribution is -0.556. The highest BCUT2D eigenvalue weighted by atomic mass is 19.4. The number of halogens is 12. The third-order valence-corrected chi connectivity index (χ3v) is 2.92. The first-order valence-electron chi connectivity index (χ1n) is 5.66. The molecule has 0 saturated carbocycles. The number of fused-ring (bicyclic) bond motifs is 1. The van der Waals surface area contributed by atoms with Crippen molar-refractivity contribution in [2.24, 2.45) is 0 Å². The second-order valence-electron chi connectivity index (χ2n) is 4.32. The van der Waals surface area contributed by atoms with Crippen LogP contribution < -0.4 is 13.9 Å². The molecule has 0 atom stereocenters. The van der Waals surface area contributed by atoms with Crippen molar-refractivity contribution in [2.45, 2.75) is 12.4 Å². The molecule has 0 unspecified atom stereocenters. The van der Waals surface area contributed by atoms with Crippen molar-refractivity contribution in [3.63, 3.8) is 0 Å². The number of hydrogen-bond acceptors (Lipinski definition) is 0. The Balaban J connectivity index is 0.00000288. The molecule has 0 aliphatic carbocycles. The number of nitrogens with zero attached hydrogens (tertiary/aromatic N) is 2. The lowest BCUT2D eigenvalue weighted by Gasteiger charge is -2.05. The Hall–Kier alpha value is -2.02. The number of alkyl halides is 6. The molecule has 0 radical (unpaired) electrons. The Morgan fingerprint density at radius 2 is 1.36 bits per heavy atom. The van der Waals surface area contributed by atoms with Crippen LogP contribution in [0.1, 0.15) is 11.4 Å². The fraction of sp³-hybridized carbons (Fsp3) is 0.222. The van der Waals surface area contributed by atoms with Gasteiger partial charge in [-0.1, -0.05) is 0 Å². The third kappa shape index (κ3) is 3.98. The first-order chi connectivity index (χ1) is 10.4. The molecule has 0 aliphatic rings. The first-order valence-corrected chi connectivity index (χ1v) is 5.66. The van der Waals surface area contributed by atoms with Crippen LogP contribution in [0.15, 0.2) is 18.2 Å². The van der Waals surface area contributed by atoms with Crippen LogP contribution in [-0.4, -0.2) is 19.3 Å². The van der Waals surface area contributed by atoms with Crippen LogP contribution in [0.5, 0.6) is 0 Å². The average molecular weight is 389 g/mol. The molecule has 0 fully saturated rings. The van der Waals surface area contributed by atoms with Crippen molar-refractivity contribution in [3.8, 4) is 0 Å². The second kappa shape index (κ2) is 7.07. The summed E-state index contributed by atoms with van der Waals surface area (Å²) in [5.41, 5.74) is -3.94. The van der Waals surface area contributed by atoms with Crippen LogP contribution in [0.25, 0.3) is 11.0 Å². The zero-order chi connectivity index (χ0) is 17.7. The van der Waals surface area contributed by atoms with E-state index in [-0.39, 0.29) is 21.5 Å². The van der Waals surface area contributed by atoms with E-state index in [9.17, 15) is 43.6 Å². The maximum atomic E-state index is 12.9. The Labute approximate surface area is 131 Å². The van der Waals surface area contributed by atoms with Crippen molar-refractivity contribution >= 4 is 25.8 Å². The fourth-order valence-electron chi connectivity index (χ4n) is 2.11. The van der Waals surface area contributed by atoms with Crippen molar-refractivity contribution < 1.29 is 57.5 Å². The monoisotopic (exact) mass is 389 g/mol. The van der Waals surface area contributed by atoms with E-state index in [1.54, 1.807) is 0 Å². The van der Waals surface area contributed by atoms with Gasteiger partial charge in [-0.3, -0.25) is 0 Å². The van der Waals surface area contributed by atoms with Gasteiger partial charge < -0.3 is 9.41 Å². The number of imidazole rings is 1. The zero-order valence-corrected chi connectivity index (χ0v) is 11.3. The minimum absolute atomic E-state index is 0. The lowest BCUT2D eigenvalue weighted by atomic mass is 10.1. The molecule has 1 aromatic heterocycles. The van der Waals surface area contributed by atoms with Gasteiger partial charge in [0.1, 0.15) is 0 Å². The van der Waals surface area contributed by atoms with Gasteiger partial charge in [0.15, 0.2) is 11.0 Å². The molecule has 0 amide bonds. The molecule has 140 valence electrons. The average Bonchev–Trinajstić information content (AvgIpc) is 2.71. The van der Waals surface area contributed by atoms with Gasteiger partial charge in [-0.25, -0.2) is 26.2 Å². The summed E-state index contributed by atoms with van der Waals surface area (Å²) in [6, 6.07) is 0.491. The summed E-state index contributed by atoms with van der Waals surface area (Å²) in [5.74, 6) is -2.45. The van der Waals surface area contributed by atoms with Crippen molar-refractivity contribution in [2.75, 3.05) is 0 Å². The smallest absolute Gasteiger partial charge is 0.809 e. The molecule has 1 heterocycles. The van der Waals surface area contributed by atoms with Crippen LogP contribution >= 0.6 is 0 Å². The topological polar surface area (TPSA) is 8.81 Å². The van der Waals surface area contributed by atoms with Gasteiger partial charge in [-0.2, -0.15) is 26.3 Å². The van der Waals surface area contributed by atoms with Gasteiger partial charge in [0.05, 0.1) is 5.56 Å². The van der Waals surface area contributed by atoms with Crippen LogP contribution in [-0.2, 0) is 12.4 Å². The number of hydrogen-bond donors (Lipinski definition) is 0. The molecule has 0 N–H and O–H groups in total. The molecule has 25 heavy (non-hydrogen) atoms. The van der Waals surface area contributed by atoms with Gasteiger partial charge in [0.2, 0.25) is 0 Å². The molecule has 1 aromatic carbocycles. The Morgan fingerprint density at radius 1 is 0.840 bits per heavy atom. The Morgan fingerprint density at radius 3 is 1.72 bits per heavy atom. The summed E-state index contributed by atoms with van der Waals surface area (Å²) in [7, 11) is -7.86. The van der Waals surface area contributed by atoms with Crippen molar-refractivity contribution in [1.29, 1.82) is 0 Å². The summed E-state index contributed by atoms with van der Waals surface area (Å²) in [6.45, 7) is 0. The summed E-state index contributed by atoms with van der Waals surface area (Å²) in [4.78, 5) is 0. The van der Waals surface area contributed by atoms with E-state index < -0.39 is 58.5 Å². The van der Waals surface area contributed by atoms with E-state index in [1.165, 1.54) is 0 Å². The van der Waals surface area contributed by atoms with Gasteiger partial charge in [0.25, 0.3) is 0 Å². The standard InChI is InChI=1S/C9H3B2F10N2.2FH/c12-8(13,14)4-1-2-5-6(3-4)23(11(20)21)7(9(15,16)17)22(5)10(18)19;;/h1-3H;2*1H/q+1;;/p-2. The molecule has 0 spiro atoms. The maximum Gasteiger partial charge on any atom is 0.809 e. The summed E-state index contributed by atoms with van der Waals surface area (Å²) < 4.78 is 126. The maximum absolute atomic E-state index is 12.9. The van der Waals surface area contributed by atoms with Crippen LogP contribution in [0.4, 0.5) is 43.6 Å². The highest BCUT2D eigenvalue weighted by Crippen LogP contribution is 2.35. The van der Waals surface area contributed by atoms with E-state index in [4.69, 9.17) is 0 Å². The number of benzene rings is 1. The molecule has 0 saturated heterocycles. The number of rotatable bonds is 2. The molecule has 16 heteroatoms. The van der Waals surface area contributed by atoms with Gasteiger partial charge in [0, 0.05) is 0 Å². The largest absolute Gasteiger partial charge is 1.00 e. The van der Waals surface area contributed by atoms with Gasteiger partial charge >= 0.3 is 33.0 Å². The van der Waals surface area contributed by atoms with E-state index >= 15 is 0 Å². The third-order valence-electron chi connectivity index (χ3n) is 2.92. The summed E-state index contributed by atoms with van der Waals surface area (Å²) in [5, 5.41) is 0. The molecular formula is C9H3B2F12N2-. The van der Waals surface area contributed by atoms with Gasteiger partial charge in [-0.15, -0.1) is 0 Å². The van der Waals surface area contributed by atoms with Crippen LogP contribution in [0, 0.1) is 0 Å². The molecule has 2 nitrogen and oxygen atoms in total. The predicted molar refractivity (Wildman–Crippen MR) is 58.9 cm³/mol. The SMILES string of the molecule is FB(F)n1c(C(F)(F)F)[n+](B(F)F)c2ccc(C(F)(F)F)cc21.[F-].[F-]. The zero-order valence-electron chi connectivity index (χ0n) is 11.3. The highest BCUT2D eigenvalue weighted by Gasteiger charge is 2.54. The molecule has 0 bridgehead atoms. The Bertz CT molecular complexity index is 735. The lowest BCUT2D eigenvalue weighted by Crippen LogP contribution is -3.00. The predicted octanol–water partition coefficient (Wildman–Crippen LogP) is -2.48. The minimum atomic E-state index is -5.63. The normalized spacial score (nSPS) is 11.8. The van der Waals surface area contributed by atoms with E-state index in [0.29, 0.717) is 6.07 Å². The summed E-state index contributed by atoms with van der Waals surface area (Å²) >= 11 is 0. The summed E-state index contributed by atoms with van der Waals surface area (Å²) in [6.07, 6.45) is -10.7. The quantitative estimate of drug-likeness (QED) is 0.398. The second-order valence-corrected chi connectivity index (χ2v) is 4.32. The molecule has 2 aromatic rings. The van der Waals surface area contributed by atoms with Crippen LogP contribution in [0.3, 0.4) is 0 Å². The van der Waals surface area contributed by atoms with E-state index in [0.717, 1.165) is 0 Å². The molecule has 2 rings (SSSR count). The fourth-order valence-corrected chi connectivity index (χ4v) is 2.11. The van der Waals surface area contributed by atoms with E-state index in [1.807, 2.05) is 0 Å². The number of aromatic nitrogens is 2. The molecule has 0 aliphatic heterocycles. The first kappa shape index (κ1) is 23.0. The molecular weight excluding hydrogens is 386 g/mol. The van der Waals surface area contributed by atoms with E-state index in [2.05, 4.69) is 0 Å². The van der Waals surface area contributed by atoms with Crippen molar-refractivity contribution in [3.05, 3.63) is 29.6 Å².